The summed E-state index contributed by atoms with van der Waals surface area (Å²) in [6.07, 6.45) is 3.58. The van der Waals surface area contributed by atoms with Crippen molar-refractivity contribution < 1.29 is 0 Å². The first-order valence-electron chi connectivity index (χ1n) is 6.44. The molecule has 0 radical (unpaired) electrons. The summed E-state index contributed by atoms with van der Waals surface area (Å²) in [6.45, 7) is 14.1. The van der Waals surface area contributed by atoms with Crippen LogP contribution in [0.3, 0.4) is 0 Å². The lowest BCUT2D eigenvalue weighted by Crippen LogP contribution is -2.36. The third-order valence-corrected chi connectivity index (χ3v) is 4.58. The topological polar surface area (TPSA) is 15.3 Å². The van der Waals surface area contributed by atoms with E-state index in [1.54, 1.807) is 0 Å². The minimum absolute atomic E-state index is 0.403. The summed E-state index contributed by atoms with van der Waals surface area (Å²) in [5, 5.41) is 3.55. The first kappa shape index (κ1) is 14.3. The molecule has 0 aromatic rings. The number of hydrogen-bond donors (Lipinski definition) is 1. The molecular weight excluding hydrogens is 216 g/mol. The standard InChI is InChI=1S/C13H28N2S/c1-11(2)14-8-12-6-7-15(9-12)10-13(3,4)16-5/h11-12,14H,6-10H2,1-5H3. The zero-order valence-corrected chi connectivity index (χ0v) is 12.4. The fraction of sp³-hybridized carbons (Fsp3) is 1.00. The van der Waals surface area contributed by atoms with Crippen molar-refractivity contribution in [2.45, 2.75) is 44.9 Å². The number of thioether (sulfide) groups is 1. The third kappa shape index (κ3) is 5.07. The van der Waals surface area contributed by atoms with Crippen LogP contribution in [0.4, 0.5) is 0 Å². The van der Waals surface area contributed by atoms with Gasteiger partial charge in [-0.15, -0.1) is 0 Å². The first-order valence-corrected chi connectivity index (χ1v) is 7.66. The molecule has 0 aromatic carbocycles. The van der Waals surface area contributed by atoms with Gasteiger partial charge in [0.15, 0.2) is 0 Å². The Hall–Kier alpha value is 0.270. The molecule has 0 bridgehead atoms. The van der Waals surface area contributed by atoms with Crippen molar-refractivity contribution in [3.8, 4) is 0 Å². The van der Waals surface area contributed by atoms with Crippen LogP contribution in [0.2, 0.25) is 0 Å². The van der Waals surface area contributed by atoms with E-state index >= 15 is 0 Å². The summed E-state index contributed by atoms with van der Waals surface area (Å²) in [5.41, 5.74) is 0. The second-order valence-corrected chi connectivity index (χ2v) is 7.43. The molecule has 1 heterocycles. The van der Waals surface area contributed by atoms with Gasteiger partial charge in [-0.1, -0.05) is 13.8 Å². The van der Waals surface area contributed by atoms with E-state index in [9.17, 15) is 0 Å². The van der Waals surface area contributed by atoms with Crippen LogP contribution in [-0.4, -0.2) is 48.1 Å². The molecule has 3 heteroatoms. The summed E-state index contributed by atoms with van der Waals surface area (Å²) >= 11 is 1.98. The van der Waals surface area contributed by atoms with Crippen LogP contribution < -0.4 is 5.32 Å². The smallest absolute Gasteiger partial charge is 0.0227 e. The van der Waals surface area contributed by atoms with Gasteiger partial charge in [0.2, 0.25) is 0 Å². The summed E-state index contributed by atoms with van der Waals surface area (Å²) < 4.78 is 0.403. The van der Waals surface area contributed by atoms with E-state index in [0.29, 0.717) is 10.8 Å². The van der Waals surface area contributed by atoms with E-state index < -0.39 is 0 Å². The van der Waals surface area contributed by atoms with Crippen molar-refractivity contribution in [1.29, 1.82) is 0 Å². The molecule has 0 spiro atoms. The second kappa shape index (κ2) is 6.27. The highest BCUT2D eigenvalue weighted by molar-refractivity contribution is 7.99. The zero-order chi connectivity index (χ0) is 12.2. The highest BCUT2D eigenvalue weighted by atomic mass is 32.2. The molecule has 1 atom stereocenters. The molecule has 1 rings (SSSR count). The van der Waals surface area contributed by atoms with Crippen LogP contribution in [0, 0.1) is 5.92 Å². The number of hydrogen-bond acceptors (Lipinski definition) is 3. The minimum atomic E-state index is 0.403. The van der Waals surface area contributed by atoms with Crippen molar-refractivity contribution in [3.05, 3.63) is 0 Å². The molecule has 1 N–H and O–H groups in total. The summed E-state index contributed by atoms with van der Waals surface area (Å²) in [6, 6.07) is 0.622. The van der Waals surface area contributed by atoms with Gasteiger partial charge in [-0.2, -0.15) is 11.8 Å². The molecule has 96 valence electrons. The molecule has 0 saturated carbocycles. The first-order chi connectivity index (χ1) is 7.43. The maximum atomic E-state index is 3.55. The van der Waals surface area contributed by atoms with Gasteiger partial charge in [0.25, 0.3) is 0 Å². The van der Waals surface area contributed by atoms with E-state index in [1.165, 1.54) is 32.6 Å². The Labute approximate surface area is 106 Å². The van der Waals surface area contributed by atoms with Crippen LogP contribution in [0.15, 0.2) is 0 Å². The fourth-order valence-corrected chi connectivity index (χ4v) is 2.54. The molecule has 1 saturated heterocycles. The quantitative estimate of drug-likeness (QED) is 0.772. The molecule has 1 fully saturated rings. The maximum absolute atomic E-state index is 3.55. The molecule has 1 aliphatic rings. The highest BCUT2D eigenvalue weighted by Gasteiger charge is 2.27. The van der Waals surface area contributed by atoms with Gasteiger partial charge in [-0.3, -0.25) is 0 Å². The number of rotatable bonds is 6. The van der Waals surface area contributed by atoms with E-state index in [2.05, 4.69) is 44.2 Å². The largest absolute Gasteiger partial charge is 0.314 e. The third-order valence-electron chi connectivity index (χ3n) is 3.34. The highest BCUT2D eigenvalue weighted by Crippen LogP contribution is 2.25. The van der Waals surface area contributed by atoms with Crippen molar-refractivity contribution in [2.75, 3.05) is 32.4 Å². The van der Waals surface area contributed by atoms with Crippen molar-refractivity contribution >= 4 is 11.8 Å². The summed E-state index contributed by atoms with van der Waals surface area (Å²) in [5.74, 6) is 0.861. The van der Waals surface area contributed by atoms with Crippen molar-refractivity contribution in [2.24, 2.45) is 5.92 Å². The Kier molecular flexibility index (Phi) is 5.62. The van der Waals surface area contributed by atoms with Gasteiger partial charge in [0.05, 0.1) is 0 Å². The Balaban J connectivity index is 2.24. The van der Waals surface area contributed by atoms with Crippen LogP contribution >= 0.6 is 11.8 Å². The van der Waals surface area contributed by atoms with E-state index in [4.69, 9.17) is 0 Å². The molecule has 0 aromatic heterocycles. The predicted octanol–water partition coefficient (Wildman–Crippen LogP) is 2.45. The number of nitrogens with one attached hydrogen (secondary N) is 1. The number of nitrogens with zero attached hydrogens (tertiary/aromatic N) is 1. The summed E-state index contributed by atoms with van der Waals surface area (Å²) in [7, 11) is 0. The average Bonchev–Trinajstić information content (AvgIpc) is 2.62. The molecule has 2 nitrogen and oxygen atoms in total. The molecule has 0 amide bonds. The van der Waals surface area contributed by atoms with E-state index in [-0.39, 0.29) is 0 Å². The molecule has 1 aliphatic heterocycles. The Bertz CT molecular complexity index is 204. The van der Waals surface area contributed by atoms with Crippen molar-refractivity contribution in [1.82, 2.24) is 10.2 Å². The van der Waals surface area contributed by atoms with Crippen LogP contribution in [0.5, 0.6) is 0 Å². The van der Waals surface area contributed by atoms with Crippen LogP contribution in [-0.2, 0) is 0 Å². The summed E-state index contributed by atoms with van der Waals surface area (Å²) in [4.78, 5) is 2.63. The average molecular weight is 244 g/mol. The molecule has 0 aliphatic carbocycles. The van der Waals surface area contributed by atoms with Crippen LogP contribution in [0.1, 0.15) is 34.1 Å². The molecule has 16 heavy (non-hydrogen) atoms. The second-order valence-electron chi connectivity index (χ2n) is 5.92. The zero-order valence-electron chi connectivity index (χ0n) is 11.5. The Morgan fingerprint density at radius 2 is 2.12 bits per heavy atom. The maximum Gasteiger partial charge on any atom is 0.0227 e. The van der Waals surface area contributed by atoms with Crippen molar-refractivity contribution in [3.63, 3.8) is 0 Å². The lowest BCUT2D eigenvalue weighted by atomic mass is 10.1. The van der Waals surface area contributed by atoms with Gasteiger partial charge >= 0.3 is 0 Å². The van der Waals surface area contributed by atoms with E-state index in [0.717, 1.165) is 5.92 Å². The lowest BCUT2D eigenvalue weighted by Gasteiger charge is -2.28. The Morgan fingerprint density at radius 3 is 2.69 bits per heavy atom. The van der Waals surface area contributed by atoms with Gasteiger partial charge in [0, 0.05) is 23.9 Å². The van der Waals surface area contributed by atoms with Gasteiger partial charge in [-0.05, 0) is 45.5 Å². The minimum Gasteiger partial charge on any atom is -0.314 e. The molecular formula is C13H28N2S. The predicted molar refractivity (Wildman–Crippen MR) is 75.3 cm³/mol. The lowest BCUT2D eigenvalue weighted by molar-refractivity contribution is 0.298. The normalized spacial score (nSPS) is 23.2. The SMILES string of the molecule is CSC(C)(C)CN1CCC(CNC(C)C)C1. The van der Waals surface area contributed by atoms with Gasteiger partial charge in [0.1, 0.15) is 0 Å². The fourth-order valence-electron chi connectivity index (χ4n) is 2.23. The number of likely N-dealkylation sites (tertiary alicyclic amines) is 1. The Morgan fingerprint density at radius 1 is 1.44 bits per heavy atom. The van der Waals surface area contributed by atoms with Gasteiger partial charge < -0.3 is 10.2 Å². The van der Waals surface area contributed by atoms with Crippen LogP contribution in [0.25, 0.3) is 0 Å². The molecule has 1 unspecified atom stereocenters. The van der Waals surface area contributed by atoms with E-state index in [1.807, 2.05) is 11.8 Å². The van der Waals surface area contributed by atoms with Gasteiger partial charge in [-0.25, -0.2) is 0 Å². The monoisotopic (exact) mass is 244 g/mol.